The van der Waals surface area contributed by atoms with Crippen molar-refractivity contribution in [1.82, 2.24) is 9.62 Å². The molecule has 5 nitrogen and oxygen atoms in total. The average molecular weight is 391 g/mol. The number of carbonyl (C=O) groups is 1. The largest absolute Gasteiger partial charge is 0.349 e. The molecule has 0 radical (unpaired) electrons. The summed E-state index contributed by atoms with van der Waals surface area (Å²) in [5.41, 5.74) is 0.780. The number of amides is 1. The van der Waals surface area contributed by atoms with Crippen LogP contribution in [0.4, 0.5) is 0 Å². The minimum absolute atomic E-state index is 0.105. The lowest BCUT2D eigenvalue weighted by Gasteiger charge is -2.59. The van der Waals surface area contributed by atoms with Gasteiger partial charge in [0.1, 0.15) is 0 Å². The van der Waals surface area contributed by atoms with Gasteiger partial charge >= 0.3 is 0 Å². The van der Waals surface area contributed by atoms with Gasteiger partial charge in [-0.05, 0) is 92.9 Å². The van der Waals surface area contributed by atoms with Gasteiger partial charge in [-0.1, -0.05) is 0 Å². The maximum Gasteiger partial charge on any atom is 0.251 e. The van der Waals surface area contributed by atoms with Crippen LogP contribution in [0.2, 0.25) is 0 Å². The first-order chi connectivity index (χ1) is 12.7. The van der Waals surface area contributed by atoms with Crippen LogP contribution in [0, 0.1) is 23.2 Å². The second kappa shape index (κ2) is 6.59. The van der Waals surface area contributed by atoms with Crippen LogP contribution in [0.1, 0.15) is 55.8 Å². The number of hydrogen-bond donors (Lipinski definition) is 1. The van der Waals surface area contributed by atoms with Crippen LogP contribution >= 0.6 is 0 Å². The SMILES string of the molecule is CC(NC(=O)c1ccc(S(=O)(=O)N(C)C)cc1)C12CC3CC(CC(C3)C1)C2. The minimum Gasteiger partial charge on any atom is -0.349 e. The molecule has 0 spiro atoms. The summed E-state index contributed by atoms with van der Waals surface area (Å²) in [6, 6.07) is 6.40. The summed E-state index contributed by atoms with van der Waals surface area (Å²) in [4.78, 5) is 13.0. The molecule has 6 heteroatoms. The molecule has 148 valence electrons. The summed E-state index contributed by atoms with van der Waals surface area (Å²) in [6.45, 7) is 2.16. The minimum atomic E-state index is -3.47. The lowest BCUT2D eigenvalue weighted by atomic mass is 9.48. The van der Waals surface area contributed by atoms with Crippen LogP contribution in [0.15, 0.2) is 29.2 Å². The Balaban J connectivity index is 1.46. The molecule has 4 aliphatic carbocycles. The highest BCUT2D eigenvalue weighted by atomic mass is 32.2. The predicted molar refractivity (Wildman–Crippen MR) is 105 cm³/mol. The second-order valence-electron chi connectivity index (χ2n) is 9.29. The van der Waals surface area contributed by atoms with Crippen molar-refractivity contribution >= 4 is 15.9 Å². The fraction of sp³-hybridized carbons (Fsp3) is 0.667. The first kappa shape index (κ1) is 18.9. The molecule has 5 rings (SSSR count). The Hall–Kier alpha value is -1.40. The lowest BCUT2D eigenvalue weighted by Crippen LogP contribution is -2.55. The van der Waals surface area contributed by atoms with Gasteiger partial charge in [0.15, 0.2) is 0 Å². The molecule has 0 saturated heterocycles. The normalized spacial score (nSPS) is 33.3. The number of carbonyl (C=O) groups excluding carboxylic acids is 1. The van der Waals surface area contributed by atoms with Crippen molar-refractivity contribution in [3.63, 3.8) is 0 Å². The van der Waals surface area contributed by atoms with Gasteiger partial charge in [0.05, 0.1) is 4.90 Å². The monoisotopic (exact) mass is 390 g/mol. The smallest absolute Gasteiger partial charge is 0.251 e. The summed E-state index contributed by atoms with van der Waals surface area (Å²) in [7, 11) is -0.465. The fourth-order valence-corrected chi connectivity index (χ4v) is 7.03. The van der Waals surface area contributed by atoms with E-state index in [2.05, 4.69) is 12.2 Å². The maximum absolute atomic E-state index is 12.8. The van der Waals surface area contributed by atoms with E-state index in [0.717, 1.165) is 17.8 Å². The molecule has 4 fully saturated rings. The molecule has 0 aromatic heterocycles. The molecule has 1 aromatic carbocycles. The number of nitrogens with zero attached hydrogens (tertiary/aromatic N) is 1. The van der Waals surface area contributed by atoms with Crippen LogP contribution in [0.3, 0.4) is 0 Å². The van der Waals surface area contributed by atoms with Crippen molar-refractivity contribution in [2.75, 3.05) is 14.1 Å². The maximum atomic E-state index is 12.8. The molecule has 1 atom stereocenters. The number of rotatable bonds is 5. The number of hydrogen-bond acceptors (Lipinski definition) is 3. The molecular formula is C21H30N2O3S. The van der Waals surface area contributed by atoms with Gasteiger partial charge in [-0.3, -0.25) is 4.79 Å². The summed E-state index contributed by atoms with van der Waals surface area (Å²) < 4.78 is 25.5. The Morgan fingerprint density at radius 1 is 1.04 bits per heavy atom. The molecule has 4 bridgehead atoms. The molecule has 1 aromatic rings. The van der Waals surface area contributed by atoms with Crippen molar-refractivity contribution in [2.45, 2.75) is 56.4 Å². The third-order valence-corrected chi connectivity index (χ3v) is 9.08. The van der Waals surface area contributed by atoms with Crippen LogP contribution in [-0.2, 0) is 10.0 Å². The van der Waals surface area contributed by atoms with E-state index in [1.54, 1.807) is 12.1 Å². The third kappa shape index (κ3) is 3.31. The fourth-order valence-electron chi connectivity index (χ4n) is 6.13. The Bertz CT molecular complexity index is 794. The van der Waals surface area contributed by atoms with E-state index in [-0.39, 0.29) is 22.3 Å². The Morgan fingerprint density at radius 3 is 1.96 bits per heavy atom. The van der Waals surface area contributed by atoms with Gasteiger partial charge in [0, 0.05) is 25.7 Å². The zero-order valence-corrected chi connectivity index (χ0v) is 17.3. The van der Waals surface area contributed by atoms with Crippen molar-refractivity contribution in [3.8, 4) is 0 Å². The van der Waals surface area contributed by atoms with Crippen molar-refractivity contribution < 1.29 is 13.2 Å². The summed E-state index contributed by atoms with van der Waals surface area (Å²) in [5.74, 6) is 2.45. The molecule has 1 N–H and O–H groups in total. The highest BCUT2D eigenvalue weighted by molar-refractivity contribution is 7.89. The number of benzene rings is 1. The first-order valence-electron chi connectivity index (χ1n) is 10.0. The second-order valence-corrected chi connectivity index (χ2v) is 11.4. The van der Waals surface area contributed by atoms with E-state index < -0.39 is 10.0 Å². The van der Waals surface area contributed by atoms with Gasteiger partial charge < -0.3 is 5.32 Å². The summed E-state index contributed by atoms with van der Waals surface area (Å²) in [6.07, 6.45) is 7.92. The highest BCUT2D eigenvalue weighted by Gasteiger charge is 2.53. The molecule has 0 aliphatic heterocycles. The lowest BCUT2D eigenvalue weighted by molar-refractivity contribution is -0.0688. The van der Waals surface area contributed by atoms with Crippen LogP contribution < -0.4 is 5.32 Å². The highest BCUT2D eigenvalue weighted by Crippen LogP contribution is 2.61. The molecule has 1 unspecified atom stereocenters. The number of nitrogens with one attached hydrogen (secondary N) is 1. The van der Waals surface area contributed by atoms with E-state index in [1.165, 1.54) is 69.1 Å². The van der Waals surface area contributed by atoms with Crippen LogP contribution in [0.5, 0.6) is 0 Å². The molecule has 4 aliphatic rings. The van der Waals surface area contributed by atoms with E-state index in [4.69, 9.17) is 0 Å². The van der Waals surface area contributed by atoms with Crippen molar-refractivity contribution in [1.29, 1.82) is 0 Å². The standard InChI is InChI=1S/C21H30N2O3S/c1-14(21-11-15-8-16(12-21)10-17(9-15)13-21)22-20(24)18-4-6-19(7-5-18)27(25,26)23(2)3/h4-7,14-17H,8-13H2,1-3H3,(H,22,24). The van der Waals surface area contributed by atoms with E-state index in [0.29, 0.717) is 5.56 Å². The Kier molecular flexibility index (Phi) is 4.62. The summed E-state index contributed by atoms with van der Waals surface area (Å²) >= 11 is 0. The van der Waals surface area contributed by atoms with E-state index >= 15 is 0 Å². The molecule has 27 heavy (non-hydrogen) atoms. The predicted octanol–water partition coefficient (Wildman–Crippen LogP) is 3.27. The third-order valence-electron chi connectivity index (χ3n) is 7.25. The zero-order valence-electron chi connectivity index (χ0n) is 16.4. The molecule has 1 amide bonds. The Labute approximate surface area is 162 Å². The van der Waals surface area contributed by atoms with E-state index in [9.17, 15) is 13.2 Å². The van der Waals surface area contributed by atoms with Gasteiger partial charge in [-0.15, -0.1) is 0 Å². The number of sulfonamides is 1. The van der Waals surface area contributed by atoms with Crippen LogP contribution in [-0.4, -0.2) is 38.8 Å². The molecule has 0 heterocycles. The summed E-state index contributed by atoms with van der Waals surface area (Å²) in [5, 5.41) is 3.24. The first-order valence-corrected chi connectivity index (χ1v) is 11.5. The van der Waals surface area contributed by atoms with Crippen LogP contribution in [0.25, 0.3) is 0 Å². The zero-order chi connectivity index (χ0) is 19.4. The quantitative estimate of drug-likeness (QED) is 0.839. The average Bonchev–Trinajstić information content (AvgIpc) is 2.60. The van der Waals surface area contributed by atoms with Gasteiger partial charge in [-0.2, -0.15) is 0 Å². The van der Waals surface area contributed by atoms with E-state index in [1.807, 2.05) is 0 Å². The van der Waals surface area contributed by atoms with Gasteiger partial charge in [-0.25, -0.2) is 12.7 Å². The van der Waals surface area contributed by atoms with Gasteiger partial charge in [0.2, 0.25) is 10.0 Å². The Morgan fingerprint density at radius 2 is 1.52 bits per heavy atom. The van der Waals surface area contributed by atoms with Crippen molar-refractivity contribution in [2.24, 2.45) is 23.2 Å². The topological polar surface area (TPSA) is 66.5 Å². The molecular weight excluding hydrogens is 360 g/mol. The van der Waals surface area contributed by atoms with Gasteiger partial charge in [0.25, 0.3) is 5.91 Å². The van der Waals surface area contributed by atoms with Crippen molar-refractivity contribution in [3.05, 3.63) is 29.8 Å². The molecule has 4 saturated carbocycles.